The molecule has 0 aliphatic carbocycles. The van der Waals surface area contributed by atoms with Gasteiger partial charge in [-0.3, -0.25) is 9.59 Å². The second-order valence-corrected chi connectivity index (χ2v) is 7.04. The highest BCUT2D eigenvalue weighted by Crippen LogP contribution is 2.29. The lowest BCUT2D eigenvalue weighted by atomic mass is 9.84. The Morgan fingerprint density at radius 3 is 2.15 bits per heavy atom. The normalized spacial score (nSPS) is 11.1. The summed E-state index contributed by atoms with van der Waals surface area (Å²) >= 11 is 5.98. The van der Waals surface area contributed by atoms with Gasteiger partial charge in [-0.05, 0) is 36.1 Å². The molecule has 27 heavy (non-hydrogen) atoms. The molecule has 5 heteroatoms. The zero-order chi connectivity index (χ0) is 19.7. The van der Waals surface area contributed by atoms with Crippen molar-refractivity contribution < 1.29 is 9.59 Å². The summed E-state index contributed by atoms with van der Waals surface area (Å²) in [5.74, 6) is -0.155. The fourth-order valence-electron chi connectivity index (χ4n) is 3.16. The number of benzene rings is 2. The lowest BCUT2D eigenvalue weighted by molar-refractivity contribution is -0.123. The molecule has 0 unspecified atom stereocenters. The van der Waals surface area contributed by atoms with Crippen LogP contribution in [-0.2, 0) is 21.5 Å². The Balaban J connectivity index is 1.87. The highest BCUT2D eigenvalue weighted by Gasteiger charge is 2.29. The Morgan fingerprint density at radius 2 is 1.56 bits per heavy atom. The van der Waals surface area contributed by atoms with Gasteiger partial charge in [0.1, 0.15) is 0 Å². The fraction of sp³-hybridized carbons (Fsp3) is 0.364. The van der Waals surface area contributed by atoms with Crippen LogP contribution in [0.1, 0.15) is 44.2 Å². The predicted octanol–water partition coefficient (Wildman–Crippen LogP) is 4.22. The van der Waals surface area contributed by atoms with Gasteiger partial charge >= 0.3 is 0 Å². The Hall–Kier alpha value is -2.33. The van der Waals surface area contributed by atoms with Crippen LogP contribution in [0.3, 0.4) is 0 Å². The third-order valence-corrected chi connectivity index (χ3v) is 5.12. The van der Waals surface area contributed by atoms with Crippen molar-refractivity contribution in [2.45, 2.75) is 45.1 Å². The first-order valence-corrected chi connectivity index (χ1v) is 9.74. The summed E-state index contributed by atoms with van der Waals surface area (Å²) in [7, 11) is 0. The van der Waals surface area contributed by atoms with E-state index >= 15 is 0 Å². The van der Waals surface area contributed by atoms with E-state index in [0.717, 1.165) is 24.0 Å². The summed E-state index contributed by atoms with van der Waals surface area (Å²) in [6.45, 7) is 4.43. The van der Waals surface area contributed by atoms with Crippen molar-refractivity contribution in [2.24, 2.45) is 0 Å². The lowest BCUT2D eigenvalue weighted by Gasteiger charge is -2.33. The first-order valence-electron chi connectivity index (χ1n) is 9.36. The molecule has 0 fully saturated rings. The molecular weight excluding hydrogens is 360 g/mol. The molecule has 0 spiro atoms. The Kier molecular flexibility index (Phi) is 7.86. The molecule has 0 saturated heterocycles. The van der Waals surface area contributed by atoms with Crippen LogP contribution in [0.15, 0.2) is 54.6 Å². The maximum Gasteiger partial charge on any atom is 0.224 e. The zero-order valence-electron chi connectivity index (χ0n) is 15.9. The minimum absolute atomic E-state index is 0.0753. The van der Waals surface area contributed by atoms with Gasteiger partial charge in [-0.15, -0.1) is 0 Å². The number of hydrogen-bond acceptors (Lipinski definition) is 2. The topological polar surface area (TPSA) is 58.2 Å². The minimum atomic E-state index is -0.421. The molecule has 2 aromatic carbocycles. The van der Waals surface area contributed by atoms with E-state index in [1.54, 1.807) is 0 Å². The fourth-order valence-corrected chi connectivity index (χ4v) is 3.29. The van der Waals surface area contributed by atoms with E-state index in [1.807, 2.05) is 54.6 Å². The van der Waals surface area contributed by atoms with Crippen LogP contribution >= 0.6 is 11.6 Å². The average Bonchev–Trinajstić information content (AvgIpc) is 2.67. The smallest absolute Gasteiger partial charge is 0.224 e. The van der Waals surface area contributed by atoms with Gasteiger partial charge in [0.05, 0.1) is 12.0 Å². The second kappa shape index (κ2) is 10.1. The number of carbonyl (C=O) groups excluding carboxylic acids is 2. The molecule has 2 N–H and O–H groups in total. The van der Waals surface area contributed by atoms with Crippen molar-refractivity contribution in [3.05, 3.63) is 70.7 Å². The Labute approximate surface area is 166 Å². The summed E-state index contributed by atoms with van der Waals surface area (Å²) in [6, 6.07) is 17.1. The number of halogens is 1. The summed E-state index contributed by atoms with van der Waals surface area (Å²) in [5, 5.41) is 6.64. The van der Waals surface area contributed by atoms with Gasteiger partial charge < -0.3 is 10.6 Å². The van der Waals surface area contributed by atoms with Crippen molar-refractivity contribution >= 4 is 23.4 Å². The van der Waals surface area contributed by atoms with Crippen LogP contribution in [-0.4, -0.2) is 18.4 Å². The molecule has 2 amide bonds. The monoisotopic (exact) mass is 386 g/mol. The van der Waals surface area contributed by atoms with Crippen LogP contribution < -0.4 is 10.6 Å². The van der Waals surface area contributed by atoms with E-state index in [4.69, 9.17) is 11.6 Å². The lowest BCUT2D eigenvalue weighted by Crippen LogP contribution is -2.46. The summed E-state index contributed by atoms with van der Waals surface area (Å²) in [5.41, 5.74) is 1.58. The molecular formula is C22H27ClN2O2. The van der Waals surface area contributed by atoms with E-state index in [9.17, 15) is 9.59 Å². The van der Waals surface area contributed by atoms with Crippen LogP contribution in [0.5, 0.6) is 0 Å². The Morgan fingerprint density at radius 1 is 0.926 bits per heavy atom. The number of hydrogen-bond donors (Lipinski definition) is 2. The number of amides is 2. The summed E-state index contributed by atoms with van der Waals surface area (Å²) in [4.78, 5) is 24.5. The van der Waals surface area contributed by atoms with Gasteiger partial charge in [0.2, 0.25) is 11.8 Å². The van der Waals surface area contributed by atoms with Crippen molar-refractivity contribution in [3.63, 3.8) is 0 Å². The molecule has 144 valence electrons. The number of carbonyl (C=O) groups is 2. The first-order chi connectivity index (χ1) is 13.0. The van der Waals surface area contributed by atoms with Crippen molar-refractivity contribution in [3.8, 4) is 0 Å². The first kappa shape index (κ1) is 21.0. The summed E-state index contributed by atoms with van der Waals surface area (Å²) in [6.07, 6.45) is 2.12. The van der Waals surface area contributed by atoms with Gasteiger partial charge in [-0.2, -0.15) is 0 Å². The van der Waals surface area contributed by atoms with E-state index in [0.29, 0.717) is 18.0 Å². The van der Waals surface area contributed by atoms with Gasteiger partial charge in [0, 0.05) is 18.0 Å². The molecule has 0 bridgehead atoms. The quantitative estimate of drug-likeness (QED) is 0.677. The van der Waals surface area contributed by atoms with Crippen molar-refractivity contribution in [1.29, 1.82) is 0 Å². The molecule has 2 aromatic rings. The second-order valence-electron chi connectivity index (χ2n) is 6.61. The third kappa shape index (κ3) is 6.10. The number of rotatable bonds is 9. The molecule has 0 saturated carbocycles. The highest BCUT2D eigenvalue weighted by atomic mass is 35.5. The minimum Gasteiger partial charge on any atom is -0.355 e. The maximum absolute atomic E-state index is 12.5. The van der Waals surface area contributed by atoms with Gasteiger partial charge in [0.25, 0.3) is 0 Å². The van der Waals surface area contributed by atoms with E-state index in [1.165, 1.54) is 0 Å². The van der Waals surface area contributed by atoms with Crippen molar-refractivity contribution in [1.82, 2.24) is 10.6 Å². The highest BCUT2D eigenvalue weighted by molar-refractivity contribution is 6.30. The SMILES string of the molecule is CCC(CC)(NC(=O)CCNC(=O)Cc1ccccc1)c1ccc(Cl)cc1. The van der Waals surface area contributed by atoms with E-state index in [-0.39, 0.29) is 18.2 Å². The largest absolute Gasteiger partial charge is 0.355 e. The van der Waals surface area contributed by atoms with Crippen LogP contribution in [0.25, 0.3) is 0 Å². The molecule has 0 aliphatic heterocycles. The molecule has 4 nitrogen and oxygen atoms in total. The summed E-state index contributed by atoms with van der Waals surface area (Å²) < 4.78 is 0. The number of nitrogens with one attached hydrogen (secondary N) is 2. The van der Waals surface area contributed by atoms with Gasteiger partial charge in [0.15, 0.2) is 0 Å². The standard InChI is InChI=1S/C22H27ClN2O2/c1-3-22(4-2,18-10-12-19(23)13-11-18)25-20(26)14-15-24-21(27)16-17-8-6-5-7-9-17/h5-13H,3-4,14-16H2,1-2H3,(H,24,27)(H,25,26). The zero-order valence-corrected chi connectivity index (χ0v) is 16.7. The molecule has 0 aliphatic rings. The predicted molar refractivity (Wildman–Crippen MR) is 110 cm³/mol. The van der Waals surface area contributed by atoms with Gasteiger partial charge in [-0.25, -0.2) is 0 Å². The molecule has 0 heterocycles. The van der Waals surface area contributed by atoms with E-state index in [2.05, 4.69) is 24.5 Å². The van der Waals surface area contributed by atoms with E-state index < -0.39 is 5.54 Å². The average molecular weight is 387 g/mol. The van der Waals surface area contributed by atoms with Gasteiger partial charge in [-0.1, -0.05) is 67.9 Å². The van der Waals surface area contributed by atoms with Crippen molar-refractivity contribution in [2.75, 3.05) is 6.54 Å². The molecule has 0 aromatic heterocycles. The van der Waals surface area contributed by atoms with Crippen LogP contribution in [0, 0.1) is 0 Å². The van der Waals surface area contributed by atoms with Crippen LogP contribution in [0.4, 0.5) is 0 Å². The van der Waals surface area contributed by atoms with Crippen LogP contribution in [0.2, 0.25) is 5.02 Å². The molecule has 0 atom stereocenters. The molecule has 0 radical (unpaired) electrons. The molecule has 2 rings (SSSR count). The third-order valence-electron chi connectivity index (χ3n) is 4.86. The maximum atomic E-state index is 12.5. The Bertz CT molecular complexity index is 741.